The van der Waals surface area contributed by atoms with Crippen LogP contribution in [0.4, 0.5) is 5.00 Å². The number of anilines is 1. The first-order valence-electron chi connectivity index (χ1n) is 5.51. The molecule has 5 heteroatoms. The standard InChI is InChI=1S/C12H15N3OS/c1-3-11(14-12-8-13-15-17-12)9-4-6-10(16-2)7-5-9/h4-8,11,14H,3H2,1-2H3. The lowest BCUT2D eigenvalue weighted by Gasteiger charge is -2.17. The van der Waals surface area contributed by atoms with Gasteiger partial charge in [0.05, 0.1) is 19.3 Å². The van der Waals surface area contributed by atoms with Gasteiger partial charge in [-0.1, -0.05) is 23.5 Å². The van der Waals surface area contributed by atoms with Crippen LogP contribution in [0, 0.1) is 0 Å². The van der Waals surface area contributed by atoms with Gasteiger partial charge in [-0.05, 0) is 24.1 Å². The van der Waals surface area contributed by atoms with Gasteiger partial charge in [-0.3, -0.25) is 0 Å². The largest absolute Gasteiger partial charge is 0.497 e. The van der Waals surface area contributed by atoms with Crippen LogP contribution in [0.15, 0.2) is 30.5 Å². The van der Waals surface area contributed by atoms with E-state index in [4.69, 9.17) is 4.74 Å². The van der Waals surface area contributed by atoms with Crippen molar-refractivity contribution >= 4 is 16.5 Å². The van der Waals surface area contributed by atoms with Crippen molar-refractivity contribution in [2.45, 2.75) is 19.4 Å². The highest BCUT2D eigenvalue weighted by molar-refractivity contribution is 7.09. The minimum atomic E-state index is 0.281. The van der Waals surface area contributed by atoms with Crippen molar-refractivity contribution in [2.24, 2.45) is 0 Å². The second kappa shape index (κ2) is 5.63. The molecule has 4 nitrogen and oxygen atoms in total. The van der Waals surface area contributed by atoms with Gasteiger partial charge in [0.1, 0.15) is 10.8 Å². The number of hydrogen-bond donors (Lipinski definition) is 1. The molecule has 0 aliphatic rings. The maximum absolute atomic E-state index is 5.15. The second-order valence-corrected chi connectivity index (χ2v) is 4.45. The number of aromatic nitrogens is 2. The molecule has 1 N–H and O–H groups in total. The number of nitrogens with zero attached hydrogens (tertiary/aromatic N) is 2. The zero-order chi connectivity index (χ0) is 12.1. The van der Waals surface area contributed by atoms with Crippen LogP contribution in [0.5, 0.6) is 5.75 Å². The summed E-state index contributed by atoms with van der Waals surface area (Å²) >= 11 is 1.37. The monoisotopic (exact) mass is 249 g/mol. The van der Waals surface area contributed by atoms with Gasteiger partial charge < -0.3 is 10.1 Å². The van der Waals surface area contributed by atoms with E-state index >= 15 is 0 Å². The highest BCUT2D eigenvalue weighted by atomic mass is 32.1. The predicted octanol–water partition coefficient (Wildman–Crippen LogP) is 3.11. The molecule has 0 aliphatic carbocycles. The van der Waals surface area contributed by atoms with Crippen molar-refractivity contribution in [1.82, 2.24) is 9.59 Å². The van der Waals surface area contributed by atoms with E-state index in [9.17, 15) is 0 Å². The average Bonchev–Trinajstić information content (AvgIpc) is 2.89. The summed E-state index contributed by atoms with van der Waals surface area (Å²) in [6, 6.07) is 8.39. The Balaban J connectivity index is 2.11. The van der Waals surface area contributed by atoms with Gasteiger partial charge >= 0.3 is 0 Å². The SMILES string of the molecule is CCC(Nc1cnns1)c1ccc(OC)cc1. The molecule has 0 amide bonds. The molecule has 1 aromatic carbocycles. The average molecular weight is 249 g/mol. The van der Waals surface area contributed by atoms with Crippen molar-refractivity contribution in [1.29, 1.82) is 0 Å². The Bertz CT molecular complexity index is 441. The van der Waals surface area contributed by atoms with E-state index in [0.29, 0.717) is 0 Å². The van der Waals surface area contributed by atoms with Crippen LogP contribution in [0.3, 0.4) is 0 Å². The third-order valence-electron chi connectivity index (χ3n) is 2.60. The van der Waals surface area contributed by atoms with Gasteiger partial charge in [0.15, 0.2) is 0 Å². The molecule has 1 aromatic heterocycles. The summed E-state index contributed by atoms with van der Waals surface area (Å²) in [7, 11) is 1.67. The molecule has 17 heavy (non-hydrogen) atoms. The second-order valence-electron chi connectivity index (χ2n) is 3.66. The number of rotatable bonds is 5. The Hall–Kier alpha value is -1.62. The number of ether oxygens (including phenoxy) is 1. The molecule has 0 spiro atoms. The maximum atomic E-state index is 5.15. The minimum Gasteiger partial charge on any atom is -0.497 e. The van der Waals surface area contributed by atoms with E-state index in [-0.39, 0.29) is 6.04 Å². The fourth-order valence-electron chi connectivity index (χ4n) is 1.66. The predicted molar refractivity (Wildman–Crippen MR) is 69.6 cm³/mol. The molecule has 90 valence electrons. The summed E-state index contributed by atoms with van der Waals surface area (Å²) in [5, 5.41) is 8.22. The van der Waals surface area contributed by atoms with Crippen LogP contribution < -0.4 is 10.1 Å². The third kappa shape index (κ3) is 2.94. The summed E-state index contributed by atoms with van der Waals surface area (Å²) in [4.78, 5) is 0. The van der Waals surface area contributed by atoms with Crippen LogP contribution in [0.25, 0.3) is 0 Å². The zero-order valence-corrected chi connectivity index (χ0v) is 10.7. The van der Waals surface area contributed by atoms with Crippen molar-refractivity contribution in [2.75, 3.05) is 12.4 Å². The normalized spacial score (nSPS) is 12.1. The lowest BCUT2D eigenvalue weighted by molar-refractivity contribution is 0.414. The first-order valence-corrected chi connectivity index (χ1v) is 6.28. The highest BCUT2D eigenvalue weighted by Crippen LogP contribution is 2.25. The molecule has 0 fully saturated rings. The third-order valence-corrected chi connectivity index (χ3v) is 3.20. The summed E-state index contributed by atoms with van der Waals surface area (Å²) < 4.78 is 8.99. The van der Waals surface area contributed by atoms with E-state index in [1.54, 1.807) is 13.3 Å². The Morgan fingerprint density at radius 2 is 2.12 bits per heavy atom. The van der Waals surface area contributed by atoms with Gasteiger partial charge in [0, 0.05) is 11.5 Å². The molecular weight excluding hydrogens is 234 g/mol. The fraction of sp³-hybridized carbons (Fsp3) is 0.333. The van der Waals surface area contributed by atoms with Crippen LogP contribution in [0.1, 0.15) is 24.9 Å². The topological polar surface area (TPSA) is 47.0 Å². The van der Waals surface area contributed by atoms with Gasteiger partial charge in [0.25, 0.3) is 0 Å². The van der Waals surface area contributed by atoms with Gasteiger partial charge in [-0.15, -0.1) is 5.10 Å². The van der Waals surface area contributed by atoms with Crippen LogP contribution in [-0.4, -0.2) is 16.7 Å². The first kappa shape index (κ1) is 11.9. The number of benzene rings is 1. The summed E-state index contributed by atoms with van der Waals surface area (Å²) in [6.45, 7) is 2.15. The fourth-order valence-corrected chi connectivity index (χ4v) is 2.13. The molecule has 0 saturated carbocycles. The molecular formula is C12H15N3OS. The van der Waals surface area contributed by atoms with Crippen LogP contribution in [0.2, 0.25) is 0 Å². The van der Waals surface area contributed by atoms with Gasteiger partial charge in [-0.25, -0.2) is 0 Å². The van der Waals surface area contributed by atoms with E-state index < -0.39 is 0 Å². The van der Waals surface area contributed by atoms with E-state index in [2.05, 4.69) is 34.0 Å². The Morgan fingerprint density at radius 1 is 1.35 bits per heavy atom. The van der Waals surface area contributed by atoms with Gasteiger partial charge in [-0.2, -0.15) is 0 Å². The summed E-state index contributed by atoms with van der Waals surface area (Å²) in [5.74, 6) is 0.878. The minimum absolute atomic E-state index is 0.281. The van der Waals surface area contributed by atoms with E-state index in [0.717, 1.165) is 17.2 Å². The molecule has 0 aliphatic heterocycles. The quantitative estimate of drug-likeness (QED) is 0.884. The molecule has 2 aromatic rings. The lowest BCUT2D eigenvalue weighted by Crippen LogP contribution is -2.08. The smallest absolute Gasteiger partial charge is 0.130 e. The van der Waals surface area contributed by atoms with Crippen molar-refractivity contribution < 1.29 is 4.74 Å². The molecule has 2 rings (SSSR count). The number of nitrogens with one attached hydrogen (secondary N) is 1. The van der Waals surface area contributed by atoms with Crippen LogP contribution in [-0.2, 0) is 0 Å². The summed E-state index contributed by atoms with van der Waals surface area (Å²) in [6.07, 6.45) is 2.75. The molecule has 1 heterocycles. The zero-order valence-electron chi connectivity index (χ0n) is 9.88. The van der Waals surface area contributed by atoms with E-state index in [1.807, 2.05) is 12.1 Å². The van der Waals surface area contributed by atoms with E-state index in [1.165, 1.54) is 17.1 Å². The van der Waals surface area contributed by atoms with Crippen molar-refractivity contribution in [3.63, 3.8) is 0 Å². The molecule has 0 radical (unpaired) electrons. The number of hydrogen-bond acceptors (Lipinski definition) is 5. The molecule has 0 bridgehead atoms. The highest BCUT2D eigenvalue weighted by Gasteiger charge is 2.10. The van der Waals surface area contributed by atoms with Crippen LogP contribution >= 0.6 is 11.5 Å². The molecule has 1 unspecified atom stereocenters. The van der Waals surface area contributed by atoms with Gasteiger partial charge in [0.2, 0.25) is 0 Å². The maximum Gasteiger partial charge on any atom is 0.130 e. The first-order chi connectivity index (χ1) is 8.33. The number of methoxy groups -OCH3 is 1. The summed E-state index contributed by atoms with van der Waals surface area (Å²) in [5.41, 5.74) is 1.24. The molecule has 0 saturated heterocycles. The van der Waals surface area contributed by atoms with Crippen molar-refractivity contribution in [3.05, 3.63) is 36.0 Å². The lowest BCUT2D eigenvalue weighted by atomic mass is 10.0. The Labute approximate surface area is 105 Å². The Morgan fingerprint density at radius 3 is 2.65 bits per heavy atom. The Kier molecular flexibility index (Phi) is 3.93. The molecule has 1 atom stereocenters. The van der Waals surface area contributed by atoms with Crippen molar-refractivity contribution in [3.8, 4) is 5.75 Å².